The Morgan fingerprint density at radius 2 is 2.00 bits per heavy atom. The summed E-state index contributed by atoms with van der Waals surface area (Å²) in [7, 11) is 1.80. The summed E-state index contributed by atoms with van der Waals surface area (Å²) < 4.78 is 1.96. The van der Waals surface area contributed by atoms with E-state index in [-0.39, 0.29) is 0 Å². The summed E-state index contributed by atoms with van der Waals surface area (Å²) in [5.41, 5.74) is 2.39. The number of rotatable bonds is 8. The third kappa shape index (κ3) is 6.25. The minimum absolute atomic E-state index is 0.552. The number of benzene rings is 1. The van der Waals surface area contributed by atoms with Crippen molar-refractivity contribution in [3.8, 4) is 0 Å². The zero-order valence-electron chi connectivity index (χ0n) is 15.9. The van der Waals surface area contributed by atoms with Gasteiger partial charge in [-0.25, -0.2) is 0 Å². The fourth-order valence-corrected chi connectivity index (χ4v) is 3.75. The second-order valence-corrected chi connectivity index (χ2v) is 7.76. The second kappa shape index (κ2) is 9.92. The van der Waals surface area contributed by atoms with E-state index in [9.17, 15) is 0 Å². The van der Waals surface area contributed by atoms with Crippen molar-refractivity contribution >= 4 is 17.3 Å². The summed E-state index contributed by atoms with van der Waals surface area (Å²) in [5, 5.41) is 13.4. The van der Waals surface area contributed by atoms with E-state index in [0.717, 1.165) is 31.0 Å². The van der Waals surface area contributed by atoms with Crippen LogP contribution in [0.15, 0.2) is 65.2 Å². The van der Waals surface area contributed by atoms with Crippen LogP contribution in [0.2, 0.25) is 0 Å². The quantitative estimate of drug-likeness (QED) is 0.464. The molecule has 0 amide bonds. The first-order valence-corrected chi connectivity index (χ1v) is 10.1. The lowest BCUT2D eigenvalue weighted by atomic mass is 10.1. The summed E-state index contributed by atoms with van der Waals surface area (Å²) in [4.78, 5) is 5.75. The number of guanidine groups is 1. The van der Waals surface area contributed by atoms with Crippen LogP contribution in [0.5, 0.6) is 0 Å². The highest BCUT2D eigenvalue weighted by Gasteiger charge is 2.07. The summed E-state index contributed by atoms with van der Waals surface area (Å²) in [6.45, 7) is 4.64. The number of hydrogen-bond acceptors (Lipinski definition) is 3. The average Bonchev–Trinajstić information content (AvgIpc) is 3.35. The van der Waals surface area contributed by atoms with E-state index in [4.69, 9.17) is 0 Å². The van der Waals surface area contributed by atoms with Gasteiger partial charge in [-0.05, 0) is 29.3 Å². The van der Waals surface area contributed by atoms with Crippen LogP contribution in [0.1, 0.15) is 22.9 Å². The summed E-state index contributed by atoms with van der Waals surface area (Å²) >= 11 is 1.82. The standard InChI is InChI=1S/C21H27N5S/c1-17(11-20-9-6-10-27-20)12-23-21(22-2)24-13-19-14-25-26(16-19)15-18-7-4-3-5-8-18/h3-10,14,16-17H,11-13,15H2,1-2H3,(H2,22,23,24). The van der Waals surface area contributed by atoms with Gasteiger partial charge < -0.3 is 10.6 Å². The second-order valence-electron chi connectivity index (χ2n) is 6.73. The van der Waals surface area contributed by atoms with E-state index in [1.54, 1.807) is 7.05 Å². The molecular weight excluding hydrogens is 354 g/mol. The summed E-state index contributed by atoms with van der Waals surface area (Å²) in [6, 6.07) is 14.7. The molecule has 2 aromatic heterocycles. The molecule has 0 fully saturated rings. The van der Waals surface area contributed by atoms with Crippen molar-refractivity contribution in [2.24, 2.45) is 10.9 Å². The Bertz CT molecular complexity index is 823. The maximum Gasteiger partial charge on any atom is 0.191 e. The van der Waals surface area contributed by atoms with Crippen LogP contribution in [0.4, 0.5) is 0 Å². The molecule has 1 aromatic carbocycles. The Morgan fingerprint density at radius 3 is 2.74 bits per heavy atom. The van der Waals surface area contributed by atoms with E-state index in [1.165, 1.54) is 10.4 Å². The summed E-state index contributed by atoms with van der Waals surface area (Å²) in [6.07, 6.45) is 5.07. The maximum atomic E-state index is 4.45. The topological polar surface area (TPSA) is 54.2 Å². The zero-order chi connectivity index (χ0) is 18.9. The summed E-state index contributed by atoms with van der Waals surface area (Å²) in [5.74, 6) is 1.37. The Kier molecular flexibility index (Phi) is 7.04. The SMILES string of the molecule is CN=C(NCc1cnn(Cc2ccccc2)c1)NCC(C)Cc1cccs1. The minimum atomic E-state index is 0.552. The highest BCUT2D eigenvalue weighted by molar-refractivity contribution is 7.09. The predicted octanol–water partition coefficient (Wildman–Crippen LogP) is 3.54. The van der Waals surface area contributed by atoms with Crippen molar-refractivity contribution < 1.29 is 0 Å². The van der Waals surface area contributed by atoms with Crippen LogP contribution < -0.4 is 10.6 Å². The van der Waals surface area contributed by atoms with E-state index in [2.05, 4.69) is 75.6 Å². The van der Waals surface area contributed by atoms with Crippen LogP contribution in [-0.4, -0.2) is 29.3 Å². The van der Waals surface area contributed by atoms with Gasteiger partial charge in [0.25, 0.3) is 0 Å². The molecule has 0 radical (unpaired) electrons. The Balaban J connectivity index is 1.42. The fourth-order valence-electron chi connectivity index (χ4n) is 2.88. The van der Waals surface area contributed by atoms with Gasteiger partial charge in [-0.3, -0.25) is 9.67 Å². The molecule has 2 N–H and O–H groups in total. The first-order valence-electron chi connectivity index (χ1n) is 9.25. The van der Waals surface area contributed by atoms with Crippen LogP contribution in [0.3, 0.4) is 0 Å². The minimum Gasteiger partial charge on any atom is -0.356 e. The van der Waals surface area contributed by atoms with Gasteiger partial charge in [-0.15, -0.1) is 11.3 Å². The van der Waals surface area contributed by atoms with Crippen molar-refractivity contribution in [3.05, 3.63) is 76.2 Å². The molecular formula is C21H27N5S. The molecule has 0 saturated carbocycles. The molecule has 2 heterocycles. The van der Waals surface area contributed by atoms with Crippen molar-refractivity contribution in [1.29, 1.82) is 0 Å². The molecule has 0 saturated heterocycles. The fraction of sp³-hybridized carbons (Fsp3) is 0.333. The predicted molar refractivity (Wildman–Crippen MR) is 113 cm³/mol. The Labute approximate surface area is 165 Å². The molecule has 0 aliphatic heterocycles. The molecule has 0 bridgehead atoms. The highest BCUT2D eigenvalue weighted by atomic mass is 32.1. The van der Waals surface area contributed by atoms with Crippen LogP contribution in [-0.2, 0) is 19.5 Å². The molecule has 6 heteroatoms. The molecule has 3 aromatic rings. The van der Waals surface area contributed by atoms with Gasteiger partial charge in [-0.2, -0.15) is 5.10 Å². The third-order valence-corrected chi connectivity index (χ3v) is 5.20. The molecule has 1 atom stereocenters. The Hall–Kier alpha value is -2.60. The first kappa shape index (κ1) is 19.2. The van der Waals surface area contributed by atoms with Crippen LogP contribution in [0, 0.1) is 5.92 Å². The average molecular weight is 382 g/mol. The number of nitrogens with zero attached hydrogens (tertiary/aromatic N) is 3. The lowest BCUT2D eigenvalue weighted by Gasteiger charge is -2.15. The number of aromatic nitrogens is 2. The van der Waals surface area contributed by atoms with Gasteiger partial charge >= 0.3 is 0 Å². The van der Waals surface area contributed by atoms with E-state index < -0.39 is 0 Å². The van der Waals surface area contributed by atoms with Gasteiger partial charge in [0.1, 0.15) is 0 Å². The molecule has 27 heavy (non-hydrogen) atoms. The van der Waals surface area contributed by atoms with Gasteiger partial charge in [0.2, 0.25) is 0 Å². The molecule has 5 nitrogen and oxygen atoms in total. The van der Waals surface area contributed by atoms with Crippen molar-refractivity contribution in [2.75, 3.05) is 13.6 Å². The molecule has 3 rings (SSSR count). The third-order valence-electron chi connectivity index (χ3n) is 4.31. The van der Waals surface area contributed by atoms with Crippen molar-refractivity contribution in [3.63, 3.8) is 0 Å². The molecule has 0 aliphatic carbocycles. The number of nitrogens with one attached hydrogen (secondary N) is 2. The largest absolute Gasteiger partial charge is 0.356 e. The van der Waals surface area contributed by atoms with E-state index in [0.29, 0.717) is 12.5 Å². The lowest BCUT2D eigenvalue weighted by molar-refractivity contribution is 0.562. The van der Waals surface area contributed by atoms with Crippen molar-refractivity contribution in [1.82, 2.24) is 20.4 Å². The highest BCUT2D eigenvalue weighted by Crippen LogP contribution is 2.13. The number of aliphatic imine (C=N–C) groups is 1. The molecule has 0 aliphatic rings. The van der Waals surface area contributed by atoms with Gasteiger partial charge in [0, 0.05) is 36.8 Å². The van der Waals surface area contributed by atoms with Gasteiger partial charge in [-0.1, -0.05) is 43.3 Å². The monoisotopic (exact) mass is 381 g/mol. The molecule has 0 spiro atoms. The van der Waals surface area contributed by atoms with Crippen molar-refractivity contribution in [2.45, 2.75) is 26.4 Å². The normalized spacial score (nSPS) is 12.7. The van der Waals surface area contributed by atoms with Crippen LogP contribution in [0.25, 0.3) is 0 Å². The maximum absolute atomic E-state index is 4.45. The van der Waals surface area contributed by atoms with Crippen LogP contribution >= 0.6 is 11.3 Å². The zero-order valence-corrected chi connectivity index (χ0v) is 16.7. The number of hydrogen-bond donors (Lipinski definition) is 2. The van der Waals surface area contributed by atoms with E-state index >= 15 is 0 Å². The smallest absolute Gasteiger partial charge is 0.191 e. The van der Waals surface area contributed by atoms with Gasteiger partial charge in [0.15, 0.2) is 5.96 Å². The molecule has 1 unspecified atom stereocenters. The van der Waals surface area contributed by atoms with Gasteiger partial charge in [0.05, 0.1) is 12.7 Å². The van der Waals surface area contributed by atoms with E-state index in [1.807, 2.05) is 28.3 Å². The lowest BCUT2D eigenvalue weighted by Crippen LogP contribution is -2.39. The number of thiophene rings is 1. The Morgan fingerprint density at radius 1 is 1.15 bits per heavy atom. The molecule has 142 valence electrons. The first-order chi connectivity index (χ1) is 13.2.